The van der Waals surface area contributed by atoms with Crippen molar-refractivity contribution in [3.8, 4) is 0 Å². The van der Waals surface area contributed by atoms with Crippen LogP contribution < -0.4 is 0 Å². The van der Waals surface area contributed by atoms with E-state index in [-0.39, 0.29) is 31.6 Å². The zero-order chi connectivity index (χ0) is 55.7. The molecule has 0 aromatic heterocycles. The Hall–Kier alpha value is -5.49. The molecule has 6 heteroatoms. The minimum absolute atomic E-state index is 0.132. The van der Waals surface area contributed by atoms with Crippen LogP contribution in [0.2, 0.25) is 0 Å². The van der Waals surface area contributed by atoms with Gasteiger partial charge in [-0.05, 0) is 141 Å². The van der Waals surface area contributed by atoms with Gasteiger partial charge in [-0.3, -0.25) is 14.4 Å². The molecule has 1 unspecified atom stereocenters. The van der Waals surface area contributed by atoms with Gasteiger partial charge in [-0.1, -0.05) is 248 Å². The van der Waals surface area contributed by atoms with E-state index in [0.717, 1.165) is 148 Å². The summed E-state index contributed by atoms with van der Waals surface area (Å²) in [7, 11) is 0. The molecule has 0 saturated carbocycles. The molecule has 0 aromatic rings. The van der Waals surface area contributed by atoms with Crippen LogP contribution in [-0.4, -0.2) is 37.2 Å². The van der Waals surface area contributed by atoms with Gasteiger partial charge in [-0.15, -0.1) is 0 Å². The fraction of sp³-hybridized carbons (Fsp3) is 0.535. The Bertz CT molecular complexity index is 1840. The van der Waals surface area contributed by atoms with Crippen molar-refractivity contribution in [1.29, 1.82) is 0 Å². The standard InChI is InChI=1S/C71H108O6/c1-4-7-10-13-16-19-22-25-27-29-31-32-33-34-35-36-37-38-40-41-43-46-49-52-55-58-61-64-70(73)76-67-68(66-75-69(72)63-60-57-54-51-48-45-24-21-18-15-12-9-6-3)77-71(74)65-62-59-56-53-50-47-44-42-39-30-28-26-23-20-17-14-11-8-5-2/h7-12,16-21,25-28,31-32,34-35,37-39,42,45,47-48,50,56,59,68H,4-6,13-15,22-24,29-30,33,36,40-41,43-44,46,49,51-55,57-58,60-67H2,1-3H3/b10-7-,11-8-,12-9-,19-16-,20-17-,21-18-,27-25-,28-26-,32-31-,35-34-,38-37-,42-39-,48-45-,50-47-,59-56-. The minimum atomic E-state index is -0.845. The van der Waals surface area contributed by atoms with E-state index in [2.05, 4.69) is 191 Å². The van der Waals surface area contributed by atoms with Gasteiger partial charge in [0, 0.05) is 19.3 Å². The van der Waals surface area contributed by atoms with Crippen molar-refractivity contribution in [1.82, 2.24) is 0 Å². The summed E-state index contributed by atoms with van der Waals surface area (Å²) in [6.45, 7) is 6.18. The van der Waals surface area contributed by atoms with Gasteiger partial charge in [0.2, 0.25) is 0 Å². The second-order valence-corrected chi connectivity index (χ2v) is 19.1. The summed E-state index contributed by atoms with van der Waals surface area (Å²) in [5.74, 6) is -1.07. The second-order valence-electron chi connectivity index (χ2n) is 19.1. The van der Waals surface area contributed by atoms with E-state index in [0.29, 0.717) is 19.3 Å². The lowest BCUT2D eigenvalue weighted by atomic mass is 10.1. The molecule has 0 spiro atoms. The van der Waals surface area contributed by atoms with Gasteiger partial charge in [0.25, 0.3) is 0 Å². The zero-order valence-corrected chi connectivity index (χ0v) is 48.9. The van der Waals surface area contributed by atoms with Gasteiger partial charge in [0.1, 0.15) is 13.2 Å². The van der Waals surface area contributed by atoms with Crippen LogP contribution >= 0.6 is 0 Å². The number of esters is 3. The number of carbonyl (C=O) groups is 3. The van der Waals surface area contributed by atoms with Crippen molar-refractivity contribution in [2.24, 2.45) is 0 Å². The van der Waals surface area contributed by atoms with Crippen LogP contribution in [0.25, 0.3) is 0 Å². The molecule has 0 radical (unpaired) electrons. The maximum absolute atomic E-state index is 12.8. The highest BCUT2D eigenvalue weighted by Crippen LogP contribution is 2.13. The van der Waals surface area contributed by atoms with Crippen LogP contribution in [0.15, 0.2) is 182 Å². The van der Waals surface area contributed by atoms with Crippen LogP contribution in [-0.2, 0) is 28.6 Å². The van der Waals surface area contributed by atoms with E-state index in [1.54, 1.807) is 0 Å². The zero-order valence-electron chi connectivity index (χ0n) is 48.9. The largest absolute Gasteiger partial charge is 0.462 e. The Labute approximate surface area is 472 Å². The van der Waals surface area contributed by atoms with Crippen molar-refractivity contribution >= 4 is 17.9 Å². The van der Waals surface area contributed by atoms with Gasteiger partial charge >= 0.3 is 17.9 Å². The highest BCUT2D eigenvalue weighted by atomic mass is 16.6. The topological polar surface area (TPSA) is 78.9 Å². The quantitative estimate of drug-likeness (QED) is 0.0261. The highest BCUT2D eigenvalue weighted by molar-refractivity contribution is 5.71. The number of hydrogen-bond donors (Lipinski definition) is 0. The maximum atomic E-state index is 12.8. The fourth-order valence-electron chi connectivity index (χ4n) is 7.48. The summed E-state index contributed by atoms with van der Waals surface area (Å²) in [6, 6.07) is 0. The molecule has 77 heavy (non-hydrogen) atoms. The normalized spacial score (nSPS) is 13.4. The summed E-state index contributed by atoms with van der Waals surface area (Å²) >= 11 is 0. The molecule has 0 saturated heterocycles. The molecule has 6 nitrogen and oxygen atoms in total. The van der Waals surface area contributed by atoms with Crippen LogP contribution in [0.1, 0.15) is 226 Å². The SMILES string of the molecule is CC/C=C\C/C=C\C/C=C\C/C=C\C/C=C\C/C=C\CCCCCCCCCCC(=O)OCC(COC(=O)CCCCC/C=C\C/C=C\C/C=C\CC)OC(=O)CC/C=C\C/C=C\C/C=C\C/C=C\C/C=C\C/C=C\CC. The molecule has 0 aromatic carbocycles. The molecule has 0 aliphatic rings. The van der Waals surface area contributed by atoms with E-state index < -0.39 is 12.1 Å². The lowest BCUT2D eigenvalue weighted by molar-refractivity contribution is -0.166. The molecule has 0 rings (SSSR count). The van der Waals surface area contributed by atoms with E-state index in [1.165, 1.54) is 32.1 Å². The van der Waals surface area contributed by atoms with Crippen molar-refractivity contribution in [3.05, 3.63) is 182 Å². The number of hydrogen-bond acceptors (Lipinski definition) is 6. The number of allylic oxidation sites excluding steroid dienone is 30. The molecule has 1 atom stereocenters. The minimum Gasteiger partial charge on any atom is -0.462 e. The molecule has 0 aliphatic heterocycles. The fourth-order valence-corrected chi connectivity index (χ4v) is 7.48. The van der Waals surface area contributed by atoms with Crippen molar-refractivity contribution < 1.29 is 28.6 Å². The van der Waals surface area contributed by atoms with Crippen LogP contribution in [0.3, 0.4) is 0 Å². The van der Waals surface area contributed by atoms with Gasteiger partial charge in [0.05, 0.1) is 0 Å². The van der Waals surface area contributed by atoms with E-state index in [9.17, 15) is 14.4 Å². The number of unbranched alkanes of at least 4 members (excludes halogenated alkanes) is 11. The second kappa shape index (κ2) is 63.0. The lowest BCUT2D eigenvalue weighted by Crippen LogP contribution is -2.30. The van der Waals surface area contributed by atoms with Gasteiger partial charge in [0.15, 0.2) is 6.10 Å². The van der Waals surface area contributed by atoms with Crippen molar-refractivity contribution in [3.63, 3.8) is 0 Å². The monoisotopic (exact) mass is 1060 g/mol. The summed E-state index contributed by atoms with van der Waals surface area (Å²) in [5.41, 5.74) is 0. The molecule has 0 bridgehead atoms. The molecule has 428 valence electrons. The number of ether oxygens (including phenoxy) is 3. The van der Waals surface area contributed by atoms with E-state index in [1.807, 2.05) is 12.2 Å². The van der Waals surface area contributed by atoms with E-state index >= 15 is 0 Å². The Balaban J connectivity index is 4.49. The molecule has 0 amide bonds. The molecule has 0 fully saturated rings. The Kier molecular flexibility index (Phi) is 58.6. The van der Waals surface area contributed by atoms with Gasteiger partial charge < -0.3 is 14.2 Å². The van der Waals surface area contributed by atoms with Crippen molar-refractivity contribution in [2.75, 3.05) is 13.2 Å². The number of rotatable bonds is 52. The predicted octanol–water partition coefficient (Wildman–Crippen LogP) is 20.9. The maximum Gasteiger partial charge on any atom is 0.306 e. The van der Waals surface area contributed by atoms with Crippen LogP contribution in [0.5, 0.6) is 0 Å². The summed E-state index contributed by atoms with van der Waals surface area (Å²) < 4.78 is 16.8. The number of carbonyl (C=O) groups excluding carboxylic acids is 3. The predicted molar refractivity (Wildman–Crippen MR) is 334 cm³/mol. The van der Waals surface area contributed by atoms with Crippen LogP contribution in [0.4, 0.5) is 0 Å². The molecule has 0 heterocycles. The summed E-state index contributed by atoms with van der Waals surface area (Å²) in [5, 5.41) is 0. The average Bonchev–Trinajstić information content (AvgIpc) is 3.43. The van der Waals surface area contributed by atoms with Crippen LogP contribution in [0, 0.1) is 0 Å². The highest BCUT2D eigenvalue weighted by Gasteiger charge is 2.19. The van der Waals surface area contributed by atoms with Gasteiger partial charge in [-0.25, -0.2) is 0 Å². The first-order valence-corrected chi connectivity index (χ1v) is 30.3. The first-order chi connectivity index (χ1) is 38.0. The molecule has 0 aliphatic carbocycles. The molecule has 0 N–H and O–H groups in total. The third-order valence-electron chi connectivity index (χ3n) is 11.9. The average molecular weight is 1060 g/mol. The smallest absolute Gasteiger partial charge is 0.306 e. The first kappa shape index (κ1) is 71.5. The van der Waals surface area contributed by atoms with Crippen molar-refractivity contribution in [2.45, 2.75) is 232 Å². The third kappa shape index (κ3) is 61.2. The van der Waals surface area contributed by atoms with Gasteiger partial charge in [-0.2, -0.15) is 0 Å². The Morgan fingerprint density at radius 3 is 0.792 bits per heavy atom. The molecular formula is C71H108O6. The summed E-state index contributed by atoms with van der Waals surface area (Å²) in [6.07, 6.45) is 94.8. The lowest BCUT2D eigenvalue weighted by Gasteiger charge is -2.18. The first-order valence-electron chi connectivity index (χ1n) is 30.3. The third-order valence-corrected chi connectivity index (χ3v) is 11.9. The van der Waals surface area contributed by atoms with E-state index in [4.69, 9.17) is 14.2 Å². The Morgan fingerprint density at radius 1 is 0.260 bits per heavy atom. The Morgan fingerprint density at radius 2 is 0.494 bits per heavy atom. The molecular weight excluding hydrogens is 949 g/mol. The summed E-state index contributed by atoms with van der Waals surface area (Å²) in [4.78, 5) is 38.2.